The maximum atomic E-state index is 5.76. The minimum atomic E-state index is -0.272. The van der Waals surface area contributed by atoms with E-state index in [9.17, 15) is 0 Å². The summed E-state index contributed by atoms with van der Waals surface area (Å²) < 4.78 is 11.5. The Kier molecular flexibility index (Phi) is 3.93. The summed E-state index contributed by atoms with van der Waals surface area (Å²) >= 11 is 0. The average Bonchev–Trinajstić information content (AvgIpc) is 2.95. The van der Waals surface area contributed by atoms with Crippen LogP contribution >= 0.6 is 0 Å². The van der Waals surface area contributed by atoms with Gasteiger partial charge in [0.1, 0.15) is 18.6 Å². The molecule has 2 unspecified atom stereocenters. The molecule has 2 rings (SSSR count). The van der Waals surface area contributed by atoms with Gasteiger partial charge in [0.2, 0.25) is 0 Å². The molecule has 0 N–H and O–H groups in total. The summed E-state index contributed by atoms with van der Waals surface area (Å²) in [4.78, 5) is 9.23. The summed E-state index contributed by atoms with van der Waals surface area (Å²) in [5.41, 5.74) is -0.272. The first-order chi connectivity index (χ1) is 8.56. The lowest BCUT2D eigenvalue weighted by atomic mass is 9.84. The van der Waals surface area contributed by atoms with E-state index in [0.717, 1.165) is 31.1 Å². The fourth-order valence-electron chi connectivity index (χ4n) is 2.39. The van der Waals surface area contributed by atoms with Gasteiger partial charge in [0.15, 0.2) is 11.8 Å². The molecule has 0 spiro atoms. The summed E-state index contributed by atoms with van der Waals surface area (Å²) in [6.07, 6.45) is 3.27. The van der Waals surface area contributed by atoms with Crippen LogP contribution in [-0.2, 0) is 9.47 Å². The summed E-state index contributed by atoms with van der Waals surface area (Å²) in [5.74, 6) is 1.63. The lowest BCUT2D eigenvalue weighted by Crippen LogP contribution is -2.37. The summed E-state index contributed by atoms with van der Waals surface area (Å²) in [6, 6.07) is 0.501. The predicted molar refractivity (Wildman–Crippen MR) is 73.3 cm³/mol. The Morgan fingerprint density at radius 1 is 1.11 bits per heavy atom. The van der Waals surface area contributed by atoms with Crippen LogP contribution in [-0.4, -0.2) is 37.1 Å². The van der Waals surface area contributed by atoms with E-state index in [1.807, 2.05) is 0 Å². The third kappa shape index (κ3) is 2.52. The molecule has 0 bridgehead atoms. The molecular formula is C14H24N2O2. The first-order valence-corrected chi connectivity index (χ1v) is 6.98. The summed E-state index contributed by atoms with van der Waals surface area (Å²) in [7, 11) is 0. The van der Waals surface area contributed by atoms with Crippen LogP contribution in [0.1, 0.15) is 47.0 Å². The van der Waals surface area contributed by atoms with Crippen molar-refractivity contribution in [2.45, 2.75) is 59.0 Å². The van der Waals surface area contributed by atoms with Gasteiger partial charge in [-0.3, -0.25) is 0 Å². The van der Waals surface area contributed by atoms with Crippen molar-refractivity contribution in [1.82, 2.24) is 0 Å². The van der Waals surface area contributed by atoms with Gasteiger partial charge in [-0.15, -0.1) is 0 Å². The molecule has 4 heteroatoms. The van der Waals surface area contributed by atoms with Crippen LogP contribution in [0.25, 0.3) is 0 Å². The average molecular weight is 252 g/mol. The lowest BCUT2D eigenvalue weighted by molar-refractivity contribution is 0.253. The maximum absolute atomic E-state index is 5.76. The van der Waals surface area contributed by atoms with Crippen LogP contribution in [0.15, 0.2) is 9.98 Å². The second-order valence-corrected chi connectivity index (χ2v) is 5.62. The molecule has 0 aromatic carbocycles. The van der Waals surface area contributed by atoms with Crippen molar-refractivity contribution in [3.8, 4) is 0 Å². The number of rotatable bonds is 5. The number of hydrogen-bond acceptors (Lipinski definition) is 4. The minimum Gasteiger partial charge on any atom is -0.478 e. The monoisotopic (exact) mass is 252 g/mol. The van der Waals surface area contributed by atoms with Gasteiger partial charge >= 0.3 is 0 Å². The smallest absolute Gasteiger partial charge is 0.199 e. The normalized spacial score (nSPS) is 30.2. The first kappa shape index (κ1) is 13.4. The molecule has 0 saturated carbocycles. The topological polar surface area (TPSA) is 43.2 Å². The number of nitrogens with zero attached hydrogens (tertiary/aromatic N) is 2. The van der Waals surface area contributed by atoms with Crippen molar-refractivity contribution < 1.29 is 9.47 Å². The van der Waals surface area contributed by atoms with E-state index in [0.29, 0.717) is 13.2 Å². The van der Waals surface area contributed by atoms with Gasteiger partial charge in [-0.25, -0.2) is 9.98 Å². The molecule has 2 aliphatic heterocycles. The molecule has 0 aromatic heterocycles. The third-order valence-corrected chi connectivity index (χ3v) is 3.57. The van der Waals surface area contributed by atoms with E-state index < -0.39 is 0 Å². The van der Waals surface area contributed by atoms with E-state index in [1.54, 1.807) is 0 Å². The van der Waals surface area contributed by atoms with Gasteiger partial charge < -0.3 is 9.47 Å². The van der Waals surface area contributed by atoms with Crippen LogP contribution in [0.5, 0.6) is 0 Å². The molecular weight excluding hydrogens is 228 g/mol. The van der Waals surface area contributed by atoms with Gasteiger partial charge in [-0.2, -0.15) is 0 Å². The van der Waals surface area contributed by atoms with Gasteiger partial charge in [0.05, 0.1) is 12.1 Å². The second kappa shape index (κ2) is 5.29. The van der Waals surface area contributed by atoms with Crippen molar-refractivity contribution in [2.75, 3.05) is 13.2 Å². The molecule has 0 amide bonds. The molecule has 0 fully saturated rings. The highest BCUT2D eigenvalue weighted by molar-refractivity contribution is 6.05. The van der Waals surface area contributed by atoms with Crippen molar-refractivity contribution >= 4 is 11.8 Å². The highest BCUT2D eigenvalue weighted by atomic mass is 16.5. The standard InChI is InChI=1S/C14H24N2O2/c1-5-6-7-14(4,12-15-10(2)8-17-12)13-16-11(3)9-18-13/h10-11H,5-9H2,1-4H3. The molecule has 0 radical (unpaired) electrons. The Balaban J connectivity index is 2.23. The van der Waals surface area contributed by atoms with Crippen molar-refractivity contribution in [2.24, 2.45) is 15.4 Å². The highest BCUT2D eigenvalue weighted by Crippen LogP contribution is 2.34. The van der Waals surface area contributed by atoms with Crippen LogP contribution in [0.2, 0.25) is 0 Å². The van der Waals surface area contributed by atoms with E-state index in [4.69, 9.17) is 9.47 Å². The second-order valence-electron chi connectivity index (χ2n) is 5.62. The molecule has 0 aromatic rings. The minimum absolute atomic E-state index is 0.250. The van der Waals surface area contributed by atoms with Crippen LogP contribution in [0, 0.1) is 5.41 Å². The fourth-order valence-corrected chi connectivity index (χ4v) is 2.39. The van der Waals surface area contributed by atoms with Gasteiger partial charge in [0.25, 0.3) is 0 Å². The number of aliphatic imine (C=N–C) groups is 2. The molecule has 102 valence electrons. The van der Waals surface area contributed by atoms with Crippen LogP contribution < -0.4 is 0 Å². The van der Waals surface area contributed by atoms with Crippen LogP contribution in [0.4, 0.5) is 0 Å². The molecule has 4 nitrogen and oxygen atoms in total. The Hall–Kier alpha value is -1.06. The third-order valence-electron chi connectivity index (χ3n) is 3.57. The van der Waals surface area contributed by atoms with Gasteiger partial charge in [0, 0.05) is 0 Å². The van der Waals surface area contributed by atoms with Crippen LogP contribution in [0.3, 0.4) is 0 Å². The maximum Gasteiger partial charge on any atom is 0.199 e. The fraction of sp³-hybridized carbons (Fsp3) is 0.857. The SMILES string of the molecule is CCCCC(C)(C1=NC(C)CO1)C1=NC(C)CO1. The van der Waals surface area contributed by atoms with Gasteiger partial charge in [-0.05, 0) is 27.2 Å². The van der Waals surface area contributed by atoms with Gasteiger partial charge in [-0.1, -0.05) is 19.8 Å². The van der Waals surface area contributed by atoms with Crippen molar-refractivity contribution in [3.63, 3.8) is 0 Å². The van der Waals surface area contributed by atoms with E-state index >= 15 is 0 Å². The predicted octanol–water partition coefficient (Wildman–Crippen LogP) is 2.82. The van der Waals surface area contributed by atoms with Crippen molar-refractivity contribution in [3.05, 3.63) is 0 Å². The van der Waals surface area contributed by atoms with Crippen molar-refractivity contribution in [1.29, 1.82) is 0 Å². The Morgan fingerprint density at radius 2 is 1.61 bits per heavy atom. The molecule has 2 aliphatic rings. The zero-order valence-electron chi connectivity index (χ0n) is 11.9. The van der Waals surface area contributed by atoms with E-state index in [1.165, 1.54) is 0 Å². The zero-order chi connectivity index (χ0) is 13.2. The Labute approximate surface area is 109 Å². The molecule has 2 atom stereocenters. The van der Waals surface area contributed by atoms with E-state index in [-0.39, 0.29) is 17.5 Å². The number of ether oxygens (including phenoxy) is 2. The highest BCUT2D eigenvalue weighted by Gasteiger charge is 2.43. The largest absolute Gasteiger partial charge is 0.478 e. The quantitative estimate of drug-likeness (QED) is 0.755. The number of hydrogen-bond donors (Lipinski definition) is 0. The Morgan fingerprint density at radius 3 is 1.94 bits per heavy atom. The van der Waals surface area contributed by atoms with E-state index in [2.05, 4.69) is 37.7 Å². The number of unbranched alkanes of at least 4 members (excludes halogenated alkanes) is 1. The zero-order valence-corrected chi connectivity index (χ0v) is 11.9. The molecule has 18 heavy (non-hydrogen) atoms. The Bertz CT molecular complexity index is 335. The lowest BCUT2D eigenvalue weighted by Gasteiger charge is -2.27. The molecule has 0 saturated heterocycles. The molecule has 2 heterocycles. The molecule has 0 aliphatic carbocycles. The summed E-state index contributed by atoms with van der Waals surface area (Å²) in [6.45, 7) is 9.86. The summed E-state index contributed by atoms with van der Waals surface area (Å²) in [5, 5.41) is 0. The first-order valence-electron chi connectivity index (χ1n) is 6.98.